The Morgan fingerprint density at radius 1 is 0.765 bits per heavy atom. The van der Waals surface area contributed by atoms with Gasteiger partial charge in [0.2, 0.25) is 0 Å². The van der Waals surface area contributed by atoms with E-state index in [1.165, 1.54) is 0 Å². The normalized spacial score (nSPS) is 8.94. The van der Waals surface area contributed by atoms with Crippen LogP contribution < -0.4 is 0 Å². The summed E-state index contributed by atoms with van der Waals surface area (Å²) in [5.74, 6) is -1.48. The lowest BCUT2D eigenvalue weighted by Crippen LogP contribution is -1.94. The van der Waals surface area contributed by atoms with E-state index >= 15 is 0 Å². The van der Waals surface area contributed by atoms with Gasteiger partial charge in [0.05, 0.1) is 0 Å². The number of carboxylic acid groups (broad SMARTS) is 3. The van der Waals surface area contributed by atoms with Gasteiger partial charge in [-0.2, -0.15) is 0 Å². The molecule has 0 saturated carbocycles. The van der Waals surface area contributed by atoms with E-state index in [2.05, 4.69) is 0 Å². The fourth-order valence-electron chi connectivity index (χ4n) is 1.26. The van der Waals surface area contributed by atoms with Gasteiger partial charge in [0, 0.05) is 12.8 Å². The summed E-state index contributed by atoms with van der Waals surface area (Å²) in [5, 5.41) is 23.6. The Labute approximate surface area is 100 Å². The molecule has 17 heavy (non-hydrogen) atoms. The van der Waals surface area contributed by atoms with Crippen LogP contribution in [0.5, 0.6) is 0 Å². The maximum Gasteiger partial charge on any atom is 0.303 e. The lowest BCUT2D eigenvalue weighted by Gasteiger charge is -1.98. The van der Waals surface area contributed by atoms with Gasteiger partial charge in [-0.15, -0.1) is 0 Å². The third-order valence-corrected chi connectivity index (χ3v) is 2.03. The molecule has 0 unspecified atom stereocenters. The topological polar surface area (TPSA) is 112 Å². The maximum absolute atomic E-state index is 10.1. The average Bonchev–Trinajstić information content (AvgIpc) is 2.22. The molecule has 0 bridgehead atoms. The van der Waals surface area contributed by atoms with Crippen LogP contribution in [0.2, 0.25) is 0 Å². The minimum atomic E-state index is -0.740. The average molecular weight is 248 g/mol. The molecule has 3 N–H and O–H groups in total. The Morgan fingerprint density at radius 2 is 1.00 bits per heavy atom. The van der Waals surface area contributed by atoms with Crippen molar-refractivity contribution in [1.82, 2.24) is 0 Å². The molecule has 0 aromatic rings. The van der Waals surface area contributed by atoms with Crippen LogP contribution in [0.1, 0.15) is 51.4 Å². The second-order valence-electron chi connectivity index (χ2n) is 3.51. The van der Waals surface area contributed by atoms with Crippen molar-refractivity contribution in [2.24, 2.45) is 0 Å². The summed E-state index contributed by atoms with van der Waals surface area (Å²) < 4.78 is 0. The Balaban J connectivity index is 0. The van der Waals surface area contributed by atoms with Gasteiger partial charge in [-0.1, -0.05) is 25.7 Å². The predicted molar refractivity (Wildman–Crippen MR) is 60.9 cm³/mol. The van der Waals surface area contributed by atoms with Crippen LogP contribution in [-0.4, -0.2) is 33.7 Å². The minimum Gasteiger partial charge on any atom is -0.483 e. The molecule has 6 nitrogen and oxygen atoms in total. The van der Waals surface area contributed by atoms with Crippen molar-refractivity contribution in [2.75, 3.05) is 0 Å². The monoisotopic (exact) mass is 248 g/mol. The fourth-order valence-corrected chi connectivity index (χ4v) is 1.26. The van der Waals surface area contributed by atoms with Gasteiger partial charge < -0.3 is 15.3 Å². The molecule has 0 rings (SSSR count). The summed E-state index contributed by atoms with van der Waals surface area (Å²) in [4.78, 5) is 28.6. The summed E-state index contributed by atoms with van der Waals surface area (Å²) in [6, 6.07) is 0. The smallest absolute Gasteiger partial charge is 0.303 e. The molecule has 0 radical (unpaired) electrons. The van der Waals surface area contributed by atoms with E-state index in [1.54, 1.807) is 0 Å². The Bertz CT molecular complexity index is 194. The number of aliphatic carboxylic acids is 2. The molecular weight excluding hydrogens is 228 g/mol. The van der Waals surface area contributed by atoms with E-state index < -0.39 is 11.9 Å². The number of hydrogen-bond acceptors (Lipinski definition) is 3. The van der Waals surface area contributed by atoms with Crippen LogP contribution >= 0.6 is 0 Å². The summed E-state index contributed by atoms with van der Waals surface area (Å²) in [7, 11) is 0. The van der Waals surface area contributed by atoms with Gasteiger partial charge in [-0.3, -0.25) is 14.4 Å². The van der Waals surface area contributed by atoms with E-state index in [0.29, 0.717) is 0 Å². The third kappa shape index (κ3) is 25.1. The van der Waals surface area contributed by atoms with Crippen molar-refractivity contribution in [2.45, 2.75) is 51.4 Å². The highest BCUT2D eigenvalue weighted by Gasteiger charge is 1.98. The standard InChI is InChI=1S/C10H18O4.CH2O2/c11-9(12)7-5-3-1-2-4-6-8-10(13)14;2-1-3/h1-8H2,(H,11,12)(H,13,14);1H,(H,2,3). The van der Waals surface area contributed by atoms with Crippen LogP contribution in [-0.2, 0) is 14.4 Å². The molecule has 0 atom stereocenters. The van der Waals surface area contributed by atoms with Crippen molar-refractivity contribution < 1.29 is 29.7 Å². The van der Waals surface area contributed by atoms with E-state index in [0.717, 1.165) is 38.5 Å². The first-order valence-corrected chi connectivity index (χ1v) is 5.56. The van der Waals surface area contributed by atoms with Crippen molar-refractivity contribution in [1.29, 1.82) is 0 Å². The number of hydrogen-bond donors (Lipinski definition) is 3. The Kier molecular flexibility index (Phi) is 15.1. The van der Waals surface area contributed by atoms with Crippen LogP contribution in [0, 0.1) is 0 Å². The molecule has 0 amide bonds. The number of rotatable bonds is 9. The highest BCUT2D eigenvalue weighted by atomic mass is 16.4. The first kappa shape index (κ1) is 17.8. The third-order valence-electron chi connectivity index (χ3n) is 2.03. The molecule has 0 aliphatic rings. The highest BCUT2D eigenvalue weighted by molar-refractivity contribution is 5.66. The number of carboxylic acids is 2. The zero-order valence-electron chi connectivity index (χ0n) is 9.80. The van der Waals surface area contributed by atoms with E-state index in [4.69, 9.17) is 20.1 Å². The van der Waals surface area contributed by atoms with Crippen LogP contribution in [0.15, 0.2) is 0 Å². The zero-order valence-corrected chi connectivity index (χ0v) is 9.80. The van der Waals surface area contributed by atoms with Crippen molar-refractivity contribution >= 4 is 18.4 Å². The Morgan fingerprint density at radius 3 is 1.24 bits per heavy atom. The molecular formula is C11H20O6. The summed E-state index contributed by atoms with van der Waals surface area (Å²) in [6.07, 6.45) is 5.82. The quantitative estimate of drug-likeness (QED) is 0.425. The van der Waals surface area contributed by atoms with Crippen molar-refractivity contribution in [3.63, 3.8) is 0 Å². The van der Waals surface area contributed by atoms with Crippen LogP contribution in [0.25, 0.3) is 0 Å². The van der Waals surface area contributed by atoms with Gasteiger partial charge in [-0.05, 0) is 12.8 Å². The molecule has 0 heterocycles. The molecule has 100 valence electrons. The minimum absolute atomic E-state index is 0.245. The zero-order chi connectivity index (χ0) is 13.5. The SMILES string of the molecule is O=C(O)CCCCCCCCC(=O)O.O=CO. The molecule has 0 saturated heterocycles. The first-order chi connectivity index (χ1) is 8.04. The largest absolute Gasteiger partial charge is 0.483 e. The van der Waals surface area contributed by atoms with Crippen molar-refractivity contribution in [3.8, 4) is 0 Å². The molecule has 0 aromatic carbocycles. The summed E-state index contributed by atoms with van der Waals surface area (Å²) >= 11 is 0. The molecule has 0 aliphatic heterocycles. The highest BCUT2D eigenvalue weighted by Crippen LogP contribution is 2.08. The molecule has 0 spiro atoms. The van der Waals surface area contributed by atoms with Gasteiger partial charge >= 0.3 is 11.9 Å². The molecule has 0 fully saturated rings. The van der Waals surface area contributed by atoms with Crippen LogP contribution in [0.3, 0.4) is 0 Å². The number of unbranched alkanes of at least 4 members (excludes halogenated alkanes) is 5. The lowest BCUT2D eigenvalue weighted by molar-refractivity contribution is -0.138. The first-order valence-electron chi connectivity index (χ1n) is 5.56. The van der Waals surface area contributed by atoms with Gasteiger partial charge in [0.25, 0.3) is 6.47 Å². The molecule has 0 aliphatic carbocycles. The van der Waals surface area contributed by atoms with E-state index in [9.17, 15) is 9.59 Å². The fraction of sp³-hybridized carbons (Fsp3) is 0.727. The second-order valence-corrected chi connectivity index (χ2v) is 3.51. The molecule has 0 aromatic heterocycles. The lowest BCUT2D eigenvalue weighted by atomic mass is 10.1. The maximum atomic E-state index is 10.1. The second kappa shape index (κ2) is 14.4. The van der Waals surface area contributed by atoms with Gasteiger partial charge in [0.1, 0.15) is 0 Å². The van der Waals surface area contributed by atoms with E-state index in [-0.39, 0.29) is 19.3 Å². The molecule has 6 heteroatoms. The summed E-state index contributed by atoms with van der Waals surface area (Å²) in [6.45, 7) is -0.250. The van der Waals surface area contributed by atoms with Gasteiger partial charge in [-0.25, -0.2) is 0 Å². The Hall–Kier alpha value is -1.59. The van der Waals surface area contributed by atoms with Crippen molar-refractivity contribution in [3.05, 3.63) is 0 Å². The van der Waals surface area contributed by atoms with E-state index in [1.807, 2.05) is 0 Å². The summed E-state index contributed by atoms with van der Waals surface area (Å²) in [5.41, 5.74) is 0. The van der Waals surface area contributed by atoms with Crippen LogP contribution in [0.4, 0.5) is 0 Å². The number of carbonyl (C=O) groups is 3. The predicted octanol–water partition coefficient (Wildman–Crippen LogP) is 1.98. The van der Waals surface area contributed by atoms with Gasteiger partial charge in [0.15, 0.2) is 0 Å².